The van der Waals surface area contributed by atoms with Crippen LogP contribution < -0.4 is 0 Å². The molecule has 0 saturated carbocycles. The number of nitrogens with zero attached hydrogens (tertiary/aromatic N) is 3. The second-order valence-electron chi connectivity index (χ2n) is 3.87. The Labute approximate surface area is 99.1 Å². The van der Waals surface area contributed by atoms with Crippen molar-refractivity contribution in [1.29, 1.82) is 5.26 Å². The molecule has 0 aromatic carbocycles. The van der Waals surface area contributed by atoms with Gasteiger partial charge in [0.05, 0.1) is 23.8 Å². The lowest BCUT2D eigenvalue weighted by Crippen LogP contribution is -2.20. The first-order valence-corrected chi connectivity index (χ1v) is 5.44. The molecule has 2 atom stereocenters. The van der Waals surface area contributed by atoms with Crippen molar-refractivity contribution in [2.24, 2.45) is 4.99 Å². The molecule has 0 aliphatic carbocycles. The Kier molecular flexibility index (Phi) is 3.07. The van der Waals surface area contributed by atoms with E-state index in [1.807, 2.05) is 13.0 Å². The van der Waals surface area contributed by atoms with E-state index in [9.17, 15) is 5.11 Å². The third kappa shape index (κ3) is 2.12. The standard InChI is InChI=1S/C12H13N3O2/c1-3-9-6-14-12(17-9)10-4-8(5-13)11(16)15-7(10)2/h4,6,10-11,16H,3H2,1-2H3. The summed E-state index contributed by atoms with van der Waals surface area (Å²) in [6.07, 6.45) is 3.04. The zero-order chi connectivity index (χ0) is 12.4. The van der Waals surface area contributed by atoms with E-state index in [4.69, 9.17) is 9.68 Å². The Morgan fingerprint density at radius 2 is 2.35 bits per heavy atom. The van der Waals surface area contributed by atoms with Crippen LogP contribution in [-0.4, -0.2) is 22.0 Å². The number of hydrogen-bond donors (Lipinski definition) is 1. The highest BCUT2D eigenvalue weighted by Gasteiger charge is 2.26. The van der Waals surface area contributed by atoms with Gasteiger partial charge in [0.15, 0.2) is 6.23 Å². The summed E-state index contributed by atoms with van der Waals surface area (Å²) in [4.78, 5) is 8.18. The summed E-state index contributed by atoms with van der Waals surface area (Å²) in [5.41, 5.74) is 0.929. The number of rotatable bonds is 2. The molecule has 0 amide bonds. The number of aliphatic hydroxyl groups excluding tert-OH is 1. The highest BCUT2D eigenvalue weighted by atomic mass is 16.4. The van der Waals surface area contributed by atoms with Crippen LogP contribution in [0, 0.1) is 11.3 Å². The van der Waals surface area contributed by atoms with Crippen molar-refractivity contribution >= 4 is 5.71 Å². The van der Waals surface area contributed by atoms with E-state index in [0.29, 0.717) is 11.6 Å². The van der Waals surface area contributed by atoms with E-state index in [1.165, 1.54) is 0 Å². The van der Waals surface area contributed by atoms with Gasteiger partial charge in [-0.25, -0.2) is 4.98 Å². The summed E-state index contributed by atoms with van der Waals surface area (Å²) in [6.45, 7) is 3.76. The number of aliphatic hydroxyl groups is 1. The van der Waals surface area contributed by atoms with Crippen molar-refractivity contribution in [2.75, 3.05) is 0 Å². The minimum atomic E-state index is -1.06. The third-order valence-electron chi connectivity index (χ3n) is 2.72. The largest absolute Gasteiger partial charge is 0.445 e. The van der Waals surface area contributed by atoms with Crippen molar-refractivity contribution < 1.29 is 9.52 Å². The monoisotopic (exact) mass is 231 g/mol. The second-order valence-corrected chi connectivity index (χ2v) is 3.87. The van der Waals surface area contributed by atoms with Crippen molar-refractivity contribution in [2.45, 2.75) is 32.4 Å². The number of dihydropyridines is 1. The molecule has 1 aliphatic rings. The molecule has 1 N–H and O–H groups in total. The van der Waals surface area contributed by atoms with Gasteiger partial charge in [-0.2, -0.15) is 5.26 Å². The van der Waals surface area contributed by atoms with E-state index in [-0.39, 0.29) is 11.5 Å². The van der Waals surface area contributed by atoms with Crippen LogP contribution in [0.5, 0.6) is 0 Å². The normalized spacial score (nSPS) is 23.9. The maximum Gasteiger partial charge on any atom is 0.207 e. The lowest BCUT2D eigenvalue weighted by molar-refractivity contribution is 0.223. The zero-order valence-corrected chi connectivity index (χ0v) is 9.71. The van der Waals surface area contributed by atoms with Crippen molar-refractivity contribution in [3.05, 3.63) is 29.5 Å². The van der Waals surface area contributed by atoms with Gasteiger partial charge in [0.25, 0.3) is 0 Å². The fourth-order valence-corrected chi connectivity index (χ4v) is 1.70. The van der Waals surface area contributed by atoms with E-state index in [0.717, 1.165) is 12.2 Å². The van der Waals surface area contributed by atoms with Gasteiger partial charge >= 0.3 is 0 Å². The molecule has 0 saturated heterocycles. The number of oxazole rings is 1. The first-order chi connectivity index (χ1) is 8.15. The van der Waals surface area contributed by atoms with Crippen LogP contribution >= 0.6 is 0 Å². The molecule has 2 unspecified atom stereocenters. The molecule has 5 nitrogen and oxygen atoms in total. The summed E-state index contributed by atoms with van der Waals surface area (Å²) in [5.74, 6) is 1.06. The van der Waals surface area contributed by atoms with Crippen LogP contribution in [0.4, 0.5) is 0 Å². The van der Waals surface area contributed by atoms with Gasteiger partial charge < -0.3 is 9.52 Å². The van der Waals surface area contributed by atoms with Gasteiger partial charge in [-0.3, -0.25) is 4.99 Å². The molecule has 0 radical (unpaired) electrons. The molecular formula is C12H13N3O2. The Morgan fingerprint density at radius 1 is 1.59 bits per heavy atom. The zero-order valence-electron chi connectivity index (χ0n) is 9.71. The van der Waals surface area contributed by atoms with Crippen LogP contribution in [-0.2, 0) is 6.42 Å². The summed E-state index contributed by atoms with van der Waals surface area (Å²) < 4.78 is 5.54. The molecule has 0 fully saturated rings. The van der Waals surface area contributed by atoms with Crippen LogP contribution in [0.2, 0.25) is 0 Å². The van der Waals surface area contributed by atoms with Crippen LogP contribution in [0.1, 0.15) is 31.4 Å². The van der Waals surface area contributed by atoms with Gasteiger partial charge in [0.2, 0.25) is 5.89 Å². The molecule has 17 heavy (non-hydrogen) atoms. The fraction of sp³-hybridized carbons (Fsp3) is 0.417. The van der Waals surface area contributed by atoms with Crippen LogP contribution in [0.3, 0.4) is 0 Å². The molecule has 0 bridgehead atoms. The minimum Gasteiger partial charge on any atom is -0.445 e. The molecule has 0 spiro atoms. The Balaban J connectivity index is 2.35. The molecule has 88 valence electrons. The third-order valence-corrected chi connectivity index (χ3v) is 2.72. The van der Waals surface area contributed by atoms with Crippen molar-refractivity contribution in [3.8, 4) is 6.07 Å². The van der Waals surface area contributed by atoms with Crippen LogP contribution in [0.25, 0.3) is 0 Å². The molecule has 5 heteroatoms. The number of aliphatic imine (C=N–C) groups is 1. The molecule has 2 heterocycles. The Bertz CT molecular complexity index is 522. The predicted molar refractivity (Wildman–Crippen MR) is 61.4 cm³/mol. The molecule has 1 aromatic heterocycles. The second kappa shape index (κ2) is 4.52. The first-order valence-electron chi connectivity index (χ1n) is 5.44. The van der Waals surface area contributed by atoms with Gasteiger partial charge in [-0.15, -0.1) is 0 Å². The van der Waals surface area contributed by atoms with Gasteiger partial charge in [-0.1, -0.05) is 6.92 Å². The first kappa shape index (κ1) is 11.6. The van der Waals surface area contributed by atoms with Crippen molar-refractivity contribution in [3.63, 3.8) is 0 Å². The fourth-order valence-electron chi connectivity index (χ4n) is 1.70. The summed E-state index contributed by atoms with van der Waals surface area (Å²) in [6, 6.07) is 1.93. The minimum absolute atomic E-state index is 0.233. The van der Waals surface area contributed by atoms with Gasteiger partial charge in [0, 0.05) is 12.1 Å². The van der Waals surface area contributed by atoms with E-state index < -0.39 is 6.23 Å². The smallest absolute Gasteiger partial charge is 0.207 e. The molecule has 2 rings (SSSR count). The number of allylic oxidation sites excluding steroid dienone is 1. The van der Waals surface area contributed by atoms with Gasteiger partial charge in [-0.05, 0) is 13.0 Å². The Morgan fingerprint density at radius 3 is 2.94 bits per heavy atom. The molecule has 1 aromatic rings. The van der Waals surface area contributed by atoms with E-state index in [2.05, 4.69) is 9.98 Å². The number of aromatic nitrogens is 1. The molecular weight excluding hydrogens is 218 g/mol. The summed E-state index contributed by atoms with van der Waals surface area (Å²) in [5, 5.41) is 18.4. The number of nitriles is 1. The lowest BCUT2D eigenvalue weighted by atomic mass is 9.97. The van der Waals surface area contributed by atoms with E-state index >= 15 is 0 Å². The average molecular weight is 231 g/mol. The highest BCUT2D eigenvalue weighted by molar-refractivity contribution is 5.91. The summed E-state index contributed by atoms with van der Waals surface area (Å²) in [7, 11) is 0. The van der Waals surface area contributed by atoms with Crippen LogP contribution in [0.15, 0.2) is 27.3 Å². The average Bonchev–Trinajstić information content (AvgIpc) is 2.78. The van der Waals surface area contributed by atoms with E-state index in [1.54, 1.807) is 19.2 Å². The summed E-state index contributed by atoms with van der Waals surface area (Å²) >= 11 is 0. The predicted octanol–water partition coefficient (Wildman–Crippen LogP) is 1.56. The Hall–Kier alpha value is -1.93. The lowest BCUT2D eigenvalue weighted by Gasteiger charge is -2.17. The maximum absolute atomic E-state index is 9.53. The van der Waals surface area contributed by atoms with Gasteiger partial charge in [0.1, 0.15) is 5.76 Å². The number of aryl methyl sites for hydroxylation is 1. The SMILES string of the molecule is CCc1cnc(C2C=C(C#N)C(O)N=C2C)o1. The molecule has 1 aliphatic heterocycles. The number of hydrogen-bond acceptors (Lipinski definition) is 5. The highest BCUT2D eigenvalue weighted by Crippen LogP contribution is 2.26. The topological polar surface area (TPSA) is 82.4 Å². The van der Waals surface area contributed by atoms with Crippen molar-refractivity contribution in [1.82, 2.24) is 4.98 Å². The maximum atomic E-state index is 9.53. The quantitative estimate of drug-likeness (QED) is 0.837.